The Morgan fingerprint density at radius 3 is 2.40 bits per heavy atom. The summed E-state index contributed by atoms with van der Waals surface area (Å²) in [6.45, 7) is 10.1. The van der Waals surface area contributed by atoms with Gasteiger partial charge in [-0.2, -0.15) is 0 Å². The lowest BCUT2D eigenvalue weighted by Gasteiger charge is -2.15. The minimum atomic E-state index is -0.819. The van der Waals surface area contributed by atoms with Gasteiger partial charge in [-0.15, -0.1) is 0 Å². The molecule has 0 N–H and O–H groups in total. The summed E-state index contributed by atoms with van der Waals surface area (Å²) in [5.41, 5.74) is 2.16. The molecule has 0 aliphatic rings. The Labute approximate surface area is 205 Å². The Hall–Kier alpha value is -3.80. The number of hydrogen-bond acceptors (Lipinski definition) is 6. The maximum atomic E-state index is 13.0. The van der Waals surface area contributed by atoms with Crippen molar-refractivity contribution >= 4 is 16.9 Å². The minimum Gasteiger partial charge on any atom is -0.487 e. The Morgan fingerprint density at radius 2 is 1.71 bits per heavy atom. The first-order chi connectivity index (χ1) is 16.8. The standard InChI is InChI=1S/C29H32O6/c1-19(2)11-9-12-21(5)17-18-32-26-23-15-10-16-24(33-20(3)4)25(23)34-29(31)27(26)35-28(30)22-13-7-6-8-14-22/h6-8,10-11,13-17,20H,9,12,18H2,1-5H3. The molecule has 0 saturated carbocycles. The van der Waals surface area contributed by atoms with Crippen molar-refractivity contribution in [1.82, 2.24) is 0 Å². The highest BCUT2D eigenvalue weighted by Crippen LogP contribution is 2.37. The summed E-state index contributed by atoms with van der Waals surface area (Å²) in [5, 5.41) is 0.481. The lowest BCUT2D eigenvalue weighted by atomic mass is 10.1. The van der Waals surface area contributed by atoms with Gasteiger partial charge in [-0.3, -0.25) is 0 Å². The van der Waals surface area contributed by atoms with Gasteiger partial charge in [-0.05, 0) is 77.8 Å². The molecule has 0 aliphatic heterocycles. The lowest BCUT2D eigenvalue weighted by molar-refractivity contribution is 0.0722. The second kappa shape index (κ2) is 12.1. The van der Waals surface area contributed by atoms with Crippen LogP contribution in [0.1, 0.15) is 57.8 Å². The molecule has 184 valence electrons. The molecule has 1 aromatic heterocycles. The molecule has 0 unspecified atom stereocenters. The van der Waals surface area contributed by atoms with Crippen LogP contribution in [0.15, 0.2) is 81.0 Å². The van der Waals surface area contributed by atoms with Crippen LogP contribution in [0.3, 0.4) is 0 Å². The lowest BCUT2D eigenvalue weighted by Crippen LogP contribution is -2.16. The van der Waals surface area contributed by atoms with Crippen LogP contribution in [0.2, 0.25) is 0 Å². The normalized spacial score (nSPS) is 11.4. The van der Waals surface area contributed by atoms with Crippen LogP contribution >= 0.6 is 0 Å². The first-order valence-corrected chi connectivity index (χ1v) is 11.7. The zero-order chi connectivity index (χ0) is 25.4. The summed E-state index contributed by atoms with van der Waals surface area (Å²) in [6, 6.07) is 13.7. The van der Waals surface area contributed by atoms with Gasteiger partial charge in [-0.25, -0.2) is 9.59 Å². The predicted octanol–water partition coefficient (Wildman–Crippen LogP) is 6.87. The molecular formula is C29H32O6. The number of ether oxygens (including phenoxy) is 3. The number of rotatable bonds is 10. The molecule has 6 nitrogen and oxygen atoms in total. The van der Waals surface area contributed by atoms with Crippen molar-refractivity contribution in [3.8, 4) is 17.2 Å². The molecule has 35 heavy (non-hydrogen) atoms. The highest BCUT2D eigenvalue weighted by Gasteiger charge is 2.23. The summed E-state index contributed by atoms with van der Waals surface area (Å²) in [7, 11) is 0. The fourth-order valence-corrected chi connectivity index (χ4v) is 3.42. The van der Waals surface area contributed by atoms with E-state index in [0.29, 0.717) is 16.7 Å². The largest absolute Gasteiger partial charge is 0.487 e. The maximum Gasteiger partial charge on any atom is 0.383 e. The summed E-state index contributed by atoms with van der Waals surface area (Å²) in [6.07, 6.45) is 5.85. The third-order valence-corrected chi connectivity index (χ3v) is 5.13. The molecule has 0 bridgehead atoms. The topological polar surface area (TPSA) is 75.0 Å². The zero-order valence-corrected chi connectivity index (χ0v) is 20.9. The fraction of sp³-hybridized carbons (Fsp3) is 0.310. The average molecular weight is 477 g/mol. The maximum absolute atomic E-state index is 13.0. The van der Waals surface area contributed by atoms with E-state index in [9.17, 15) is 9.59 Å². The molecular weight excluding hydrogens is 444 g/mol. The van der Waals surface area contributed by atoms with Crippen molar-refractivity contribution in [3.63, 3.8) is 0 Å². The number of para-hydroxylation sites is 1. The number of hydrogen-bond donors (Lipinski definition) is 0. The van der Waals surface area contributed by atoms with Crippen molar-refractivity contribution in [2.24, 2.45) is 0 Å². The second-order valence-electron chi connectivity index (χ2n) is 8.78. The van der Waals surface area contributed by atoms with Crippen molar-refractivity contribution in [2.45, 2.75) is 53.6 Å². The van der Waals surface area contributed by atoms with Gasteiger partial charge < -0.3 is 18.6 Å². The smallest absolute Gasteiger partial charge is 0.383 e. The van der Waals surface area contributed by atoms with E-state index in [4.69, 9.17) is 18.6 Å². The van der Waals surface area contributed by atoms with E-state index in [1.807, 2.05) is 26.8 Å². The zero-order valence-electron chi connectivity index (χ0n) is 20.9. The Kier molecular flexibility index (Phi) is 8.90. The Morgan fingerprint density at radius 1 is 0.971 bits per heavy atom. The number of benzene rings is 2. The summed E-state index contributed by atoms with van der Waals surface area (Å²) in [4.78, 5) is 25.7. The van der Waals surface area contributed by atoms with Gasteiger partial charge >= 0.3 is 11.6 Å². The van der Waals surface area contributed by atoms with E-state index in [1.165, 1.54) is 5.57 Å². The molecule has 0 fully saturated rings. The minimum absolute atomic E-state index is 0.128. The van der Waals surface area contributed by atoms with Crippen molar-refractivity contribution in [3.05, 3.63) is 87.8 Å². The number of allylic oxidation sites excluding steroid dienone is 3. The van der Waals surface area contributed by atoms with Crippen LogP contribution in [0.25, 0.3) is 11.0 Å². The van der Waals surface area contributed by atoms with E-state index < -0.39 is 11.6 Å². The molecule has 0 atom stereocenters. The third kappa shape index (κ3) is 7.09. The van der Waals surface area contributed by atoms with Crippen LogP contribution in [0.4, 0.5) is 0 Å². The quantitative estimate of drug-likeness (QED) is 0.181. The van der Waals surface area contributed by atoms with E-state index in [-0.39, 0.29) is 29.8 Å². The van der Waals surface area contributed by atoms with Crippen LogP contribution in [-0.2, 0) is 0 Å². The number of fused-ring (bicyclic) bond motifs is 1. The number of carbonyl (C=O) groups excluding carboxylic acids is 1. The average Bonchev–Trinajstić information content (AvgIpc) is 2.81. The highest BCUT2D eigenvalue weighted by molar-refractivity contribution is 5.94. The summed E-state index contributed by atoms with van der Waals surface area (Å²) >= 11 is 0. The molecule has 6 heteroatoms. The molecule has 3 aromatic rings. The molecule has 0 radical (unpaired) electrons. The molecule has 2 aromatic carbocycles. The molecule has 0 aliphatic carbocycles. The van der Waals surface area contributed by atoms with Gasteiger partial charge in [0.2, 0.25) is 0 Å². The Balaban J connectivity index is 1.99. The predicted molar refractivity (Wildman–Crippen MR) is 138 cm³/mol. The fourth-order valence-electron chi connectivity index (χ4n) is 3.42. The van der Waals surface area contributed by atoms with E-state index in [2.05, 4.69) is 19.9 Å². The van der Waals surface area contributed by atoms with Crippen LogP contribution in [-0.4, -0.2) is 18.7 Å². The van der Waals surface area contributed by atoms with Crippen molar-refractivity contribution < 1.29 is 23.4 Å². The number of esters is 1. The number of carbonyl (C=O) groups is 1. The van der Waals surface area contributed by atoms with Gasteiger partial charge in [0.25, 0.3) is 5.75 Å². The molecule has 0 amide bonds. The van der Waals surface area contributed by atoms with Gasteiger partial charge in [0, 0.05) is 0 Å². The summed E-state index contributed by atoms with van der Waals surface area (Å²) < 4.78 is 22.9. The van der Waals surface area contributed by atoms with Gasteiger partial charge in [-0.1, -0.05) is 41.5 Å². The van der Waals surface area contributed by atoms with Crippen LogP contribution < -0.4 is 19.8 Å². The van der Waals surface area contributed by atoms with Gasteiger partial charge in [0.15, 0.2) is 17.1 Å². The molecule has 1 heterocycles. The van der Waals surface area contributed by atoms with Crippen molar-refractivity contribution in [2.75, 3.05) is 6.61 Å². The van der Waals surface area contributed by atoms with Gasteiger partial charge in [0.1, 0.15) is 6.61 Å². The van der Waals surface area contributed by atoms with E-state index >= 15 is 0 Å². The molecule has 3 rings (SSSR count). The van der Waals surface area contributed by atoms with Crippen LogP contribution in [0.5, 0.6) is 17.2 Å². The Bertz CT molecular complexity index is 1280. The van der Waals surface area contributed by atoms with E-state index in [0.717, 1.165) is 18.4 Å². The third-order valence-electron chi connectivity index (χ3n) is 5.13. The monoisotopic (exact) mass is 476 g/mol. The SMILES string of the molecule is CC(C)=CCCC(C)=CCOc1c(OC(=O)c2ccccc2)c(=O)oc2c(OC(C)C)cccc12. The summed E-state index contributed by atoms with van der Waals surface area (Å²) in [5.74, 6) is -0.411. The highest BCUT2D eigenvalue weighted by atomic mass is 16.6. The van der Waals surface area contributed by atoms with Gasteiger partial charge in [0.05, 0.1) is 17.1 Å². The first-order valence-electron chi connectivity index (χ1n) is 11.7. The van der Waals surface area contributed by atoms with Crippen LogP contribution in [0, 0.1) is 0 Å². The second-order valence-corrected chi connectivity index (χ2v) is 8.78. The van der Waals surface area contributed by atoms with E-state index in [1.54, 1.807) is 48.5 Å². The first kappa shape index (κ1) is 25.8. The molecule has 0 saturated heterocycles. The van der Waals surface area contributed by atoms with Crippen molar-refractivity contribution in [1.29, 1.82) is 0 Å². The molecule has 0 spiro atoms.